The van der Waals surface area contributed by atoms with Crippen LogP contribution in [-0.2, 0) is 22.7 Å². The molecule has 0 atom stereocenters. The normalized spacial score (nSPS) is 13.7. The molecule has 2 aromatic rings. The van der Waals surface area contributed by atoms with Crippen LogP contribution in [0.1, 0.15) is 18.1 Å². The standard InChI is InChI=1S/C21H27N3O3S/c1-2-22-21(24-13-15-28(25,26)19-6-4-3-5-7-19)23-12-10-17-8-9-20-18(16-17)11-14-27-20/h3-9,16H,2,10-15H2,1H3,(H2,22,23,24). The van der Waals surface area contributed by atoms with Crippen molar-refractivity contribution in [2.45, 2.75) is 24.7 Å². The molecule has 0 radical (unpaired) electrons. The third kappa shape index (κ3) is 5.48. The van der Waals surface area contributed by atoms with Crippen molar-refractivity contribution in [3.63, 3.8) is 0 Å². The van der Waals surface area contributed by atoms with Gasteiger partial charge in [0.05, 0.1) is 23.8 Å². The number of nitrogens with one attached hydrogen (secondary N) is 2. The second-order valence-corrected chi connectivity index (χ2v) is 8.72. The predicted octanol–water partition coefficient (Wildman–Crippen LogP) is 2.19. The minimum absolute atomic E-state index is 0.0155. The van der Waals surface area contributed by atoms with Crippen LogP contribution in [0.5, 0.6) is 5.75 Å². The van der Waals surface area contributed by atoms with E-state index < -0.39 is 9.84 Å². The van der Waals surface area contributed by atoms with Crippen molar-refractivity contribution >= 4 is 15.8 Å². The van der Waals surface area contributed by atoms with Gasteiger partial charge in [-0.2, -0.15) is 0 Å². The average Bonchev–Trinajstić information content (AvgIpc) is 3.16. The van der Waals surface area contributed by atoms with E-state index in [1.807, 2.05) is 13.0 Å². The second kappa shape index (κ2) is 9.59. The molecule has 2 N–H and O–H groups in total. The van der Waals surface area contributed by atoms with Gasteiger partial charge in [0.2, 0.25) is 0 Å². The van der Waals surface area contributed by atoms with E-state index in [0.717, 1.165) is 31.7 Å². The Hall–Kier alpha value is -2.54. The van der Waals surface area contributed by atoms with Crippen LogP contribution < -0.4 is 15.4 Å². The number of fused-ring (bicyclic) bond motifs is 1. The highest BCUT2D eigenvalue weighted by atomic mass is 32.2. The Labute approximate surface area is 167 Å². The molecule has 0 saturated heterocycles. The first-order valence-corrected chi connectivity index (χ1v) is 11.3. The van der Waals surface area contributed by atoms with Gasteiger partial charge in [-0.05, 0) is 42.7 Å². The SMILES string of the molecule is CCNC(=NCCS(=O)(=O)c1ccccc1)NCCc1ccc2c(c1)CCO2. The summed E-state index contributed by atoms with van der Waals surface area (Å²) in [4.78, 5) is 4.75. The summed E-state index contributed by atoms with van der Waals surface area (Å²) in [5.74, 6) is 1.61. The van der Waals surface area contributed by atoms with Gasteiger partial charge in [0.1, 0.15) is 5.75 Å². The topological polar surface area (TPSA) is 79.8 Å². The molecule has 1 aliphatic heterocycles. The molecule has 3 rings (SSSR count). The molecule has 2 aromatic carbocycles. The zero-order valence-electron chi connectivity index (χ0n) is 16.1. The zero-order chi connectivity index (χ0) is 19.8. The first-order chi connectivity index (χ1) is 13.6. The summed E-state index contributed by atoms with van der Waals surface area (Å²) in [7, 11) is -3.31. The Morgan fingerprint density at radius 1 is 1.14 bits per heavy atom. The quantitative estimate of drug-likeness (QED) is 0.524. The summed E-state index contributed by atoms with van der Waals surface area (Å²) in [6.45, 7) is 4.39. The lowest BCUT2D eigenvalue weighted by Crippen LogP contribution is -2.38. The number of rotatable bonds is 8. The number of ether oxygens (including phenoxy) is 1. The Balaban J connectivity index is 1.51. The molecule has 150 valence electrons. The van der Waals surface area contributed by atoms with E-state index >= 15 is 0 Å². The van der Waals surface area contributed by atoms with Crippen molar-refractivity contribution in [1.29, 1.82) is 0 Å². The smallest absolute Gasteiger partial charge is 0.191 e. The maximum absolute atomic E-state index is 12.3. The van der Waals surface area contributed by atoms with Gasteiger partial charge in [-0.3, -0.25) is 4.99 Å². The van der Waals surface area contributed by atoms with Gasteiger partial charge in [0.25, 0.3) is 0 Å². The van der Waals surface area contributed by atoms with Crippen LogP contribution >= 0.6 is 0 Å². The first kappa shape index (κ1) is 20.2. The summed E-state index contributed by atoms with van der Waals surface area (Å²) in [6.07, 6.45) is 1.83. The monoisotopic (exact) mass is 401 g/mol. The number of guanidine groups is 1. The number of aliphatic imine (C=N–C) groups is 1. The minimum atomic E-state index is -3.31. The van der Waals surface area contributed by atoms with E-state index in [2.05, 4.69) is 27.8 Å². The lowest BCUT2D eigenvalue weighted by Gasteiger charge is -2.12. The number of nitrogens with zero attached hydrogens (tertiary/aromatic N) is 1. The van der Waals surface area contributed by atoms with Crippen LogP contribution in [0.15, 0.2) is 58.4 Å². The molecule has 0 aromatic heterocycles. The van der Waals surface area contributed by atoms with E-state index in [9.17, 15) is 8.42 Å². The van der Waals surface area contributed by atoms with Gasteiger partial charge in [0.15, 0.2) is 15.8 Å². The van der Waals surface area contributed by atoms with Crippen LogP contribution in [0.2, 0.25) is 0 Å². The fourth-order valence-electron chi connectivity index (χ4n) is 3.09. The maximum atomic E-state index is 12.3. The van der Waals surface area contributed by atoms with Crippen molar-refractivity contribution in [3.8, 4) is 5.75 Å². The molecule has 7 heteroatoms. The fraction of sp³-hybridized carbons (Fsp3) is 0.381. The zero-order valence-corrected chi connectivity index (χ0v) is 17.0. The molecule has 0 aliphatic carbocycles. The van der Waals surface area contributed by atoms with Crippen molar-refractivity contribution in [3.05, 3.63) is 59.7 Å². The predicted molar refractivity (Wildman–Crippen MR) is 112 cm³/mol. The third-order valence-electron chi connectivity index (χ3n) is 4.54. The average molecular weight is 402 g/mol. The van der Waals surface area contributed by atoms with Gasteiger partial charge in [0, 0.05) is 19.5 Å². The van der Waals surface area contributed by atoms with E-state index in [1.54, 1.807) is 30.3 Å². The van der Waals surface area contributed by atoms with E-state index in [1.165, 1.54) is 11.1 Å². The highest BCUT2D eigenvalue weighted by Crippen LogP contribution is 2.25. The largest absolute Gasteiger partial charge is 0.493 e. The summed E-state index contributed by atoms with van der Waals surface area (Å²) in [5.41, 5.74) is 2.52. The number of hydrogen-bond acceptors (Lipinski definition) is 4. The Kier molecular flexibility index (Phi) is 6.92. The number of sulfone groups is 1. The van der Waals surface area contributed by atoms with Crippen LogP contribution in [0, 0.1) is 0 Å². The molecular formula is C21H27N3O3S. The Morgan fingerprint density at radius 3 is 2.75 bits per heavy atom. The maximum Gasteiger partial charge on any atom is 0.191 e. The number of hydrogen-bond donors (Lipinski definition) is 2. The second-order valence-electron chi connectivity index (χ2n) is 6.61. The van der Waals surface area contributed by atoms with Crippen molar-refractivity contribution < 1.29 is 13.2 Å². The first-order valence-electron chi connectivity index (χ1n) is 9.63. The minimum Gasteiger partial charge on any atom is -0.493 e. The molecule has 6 nitrogen and oxygen atoms in total. The molecule has 0 fully saturated rings. The summed E-state index contributed by atoms with van der Waals surface area (Å²) in [5, 5.41) is 6.44. The number of benzene rings is 2. The summed E-state index contributed by atoms with van der Waals surface area (Å²) >= 11 is 0. The fourth-order valence-corrected chi connectivity index (χ4v) is 4.22. The van der Waals surface area contributed by atoms with Gasteiger partial charge < -0.3 is 15.4 Å². The molecule has 0 unspecified atom stereocenters. The third-order valence-corrected chi connectivity index (χ3v) is 6.25. The Bertz CT molecular complexity index is 912. The molecule has 1 aliphatic rings. The lowest BCUT2D eigenvalue weighted by atomic mass is 10.1. The van der Waals surface area contributed by atoms with E-state index in [4.69, 9.17) is 4.74 Å². The molecule has 0 saturated carbocycles. The van der Waals surface area contributed by atoms with Crippen molar-refractivity contribution in [2.75, 3.05) is 32.0 Å². The molecular weight excluding hydrogens is 374 g/mol. The molecule has 0 bridgehead atoms. The Morgan fingerprint density at radius 2 is 1.96 bits per heavy atom. The van der Waals surface area contributed by atoms with Crippen LogP contribution in [0.3, 0.4) is 0 Å². The van der Waals surface area contributed by atoms with Crippen LogP contribution in [0.4, 0.5) is 0 Å². The van der Waals surface area contributed by atoms with Crippen LogP contribution in [0.25, 0.3) is 0 Å². The van der Waals surface area contributed by atoms with Gasteiger partial charge in [-0.15, -0.1) is 0 Å². The molecule has 28 heavy (non-hydrogen) atoms. The summed E-state index contributed by atoms with van der Waals surface area (Å²) in [6, 6.07) is 14.8. The van der Waals surface area contributed by atoms with E-state index in [-0.39, 0.29) is 12.3 Å². The van der Waals surface area contributed by atoms with E-state index in [0.29, 0.717) is 17.4 Å². The molecule has 0 amide bonds. The summed E-state index contributed by atoms with van der Waals surface area (Å²) < 4.78 is 30.2. The van der Waals surface area contributed by atoms with Gasteiger partial charge in [-0.1, -0.05) is 30.3 Å². The van der Waals surface area contributed by atoms with Crippen molar-refractivity contribution in [2.24, 2.45) is 4.99 Å². The molecule has 1 heterocycles. The van der Waals surface area contributed by atoms with Gasteiger partial charge in [-0.25, -0.2) is 8.42 Å². The van der Waals surface area contributed by atoms with Crippen LogP contribution in [-0.4, -0.2) is 46.4 Å². The van der Waals surface area contributed by atoms with Crippen molar-refractivity contribution in [1.82, 2.24) is 10.6 Å². The van der Waals surface area contributed by atoms with Gasteiger partial charge >= 0.3 is 0 Å². The lowest BCUT2D eigenvalue weighted by molar-refractivity contribution is 0.357. The highest BCUT2D eigenvalue weighted by Gasteiger charge is 2.13. The molecule has 0 spiro atoms. The highest BCUT2D eigenvalue weighted by molar-refractivity contribution is 7.91.